The summed E-state index contributed by atoms with van der Waals surface area (Å²) in [6, 6.07) is 15.3. The summed E-state index contributed by atoms with van der Waals surface area (Å²) in [5, 5.41) is 8.64. The van der Waals surface area contributed by atoms with Crippen LogP contribution in [-0.2, 0) is 4.79 Å². The van der Waals surface area contributed by atoms with Gasteiger partial charge in [-0.1, -0.05) is 38.1 Å². The zero-order valence-corrected chi connectivity index (χ0v) is 12.1. The molecule has 0 heterocycles. The van der Waals surface area contributed by atoms with E-state index in [4.69, 9.17) is 9.84 Å². The van der Waals surface area contributed by atoms with Gasteiger partial charge in [0.15, 0.2) is 0 Å². The Labute approximate surface area is 124 Å². The van der Waals surface area contributed by atoms with E-state index in [-0.39, 0.29) is 0 Å². The number of carboxylic acids is 1. The van der Waals surface area contributed by atoms with Crippen LogP contribution in [0.3, 0.4) is 0 Å². The maximum atomic E-state index is 10.5. The second kappa shape index (κ2) is 6.75. The third-order valence-electron chi connectivity index (χ3n) is 3.04. The second-order valence-electron chi connectivity index (χ2n) is 5.07. The highest BCUT2D eigenvalue weighted by Crippen LogP contribution is 2.26. The average Bonchev–Trinajstić information content (AvgIpc) is 2.46. The molecule has 2 aromatic rings. The van der Waals surface area contributed by atoms with Gasteiger partial charge in [0, 0.05) is 6.08 Å². The van der Waals surface area contributed by atoms with Gasteiger partial charge in [-0.15, -0.1) is 0 Å². The van der Waals surface area contributed by atoms with Gasteiger partial charge < -0.3 is 9.84 Å². The van der Waals surface area contributed by atoms with E-state index in [9.17, 15) is 4.79 Å². The van der Waals surface area contributed by atoms with Gasteiger partial charge in [-0.3, -0.25) is 0 Å². The van der Waals surface area contributed by atoms with Crippen molar-refractivity contribution in [1.29, 1.82) is 0 Å². The van der Waals surface area contributed by atoms with Crippen molar-refractivity contribution in [2.24, 2.45) is 0 Å². The lowest BCUT2D eigenvalue weighted by Gasteiger charge is -2.10. The van der Waals surface area contributed by atoms with Gasteiger partial charge >= 0.3 is 5.97 Å². The predicted molar refractivity (Wildman–Crippen MR) is 83.7 cm³/mol. The van der Waals surface area contributed by atoms with Crippen LogP contribution >= 0.6 is 0 Å². The third kappa shape index (κ3) is 4.49. The van der Waals surface area contributed by atoms with E-state index >= 15 is 0 Å². The minimum atomic E-state index is -0.967. The summed E-state index contributed by atoms with van der Waals surface area (Å²) in [6.45, 7) is 4.27. The minimum Gasteiger partial charge on any atom is -0.478 e. The van der Waals surface area contributed by atoms with Gasteiger partial charge in [0.25, 0.3) is 0 Å². The summed E-state index contributed by atoms with van der Waals surface area (Å²) in [6.07, 6.45) is 2.65. The first-order valence-corrected chi connectivity index (χ1v) is 6.83. The molecule has 2 aromatic carbocycles. The number of ether oxygens (including phenoxy) is 1. The summed E-state index contributed by atoms with van der Waals surface area (Å²) >= 11 is 0. The molecule has 0 atom stereocenters. The molecule has 2 rings (SSSR count). The van der Waals surface area contributed by atoms with Gasteiger partial charge in [-0.05, 0) is 47.4 Å². The Morgan fingerprint density at radius 1 is 1.10 bits per heavy atom. The Morgan fingerprint density at radius 3 is 2.43 bits per heavy atom. The van der Waals surface area contributed by atoms with Crippen LogP contribution < -0.4 is 4.74 Å². The van der Waals surface area contributed by atoms with Gasteiger partial charge in [-0.25, -0.2) is 4.79 Å². The lowest BCUT2D eigenvalue weighted by molar-refractivity contribution is -0.131. The summed E-state index contributed by atoms with van der Waals surface area (Å²) in [7, 11) is 0. The molecule has 0 fully saturated rings. The summed E-state index contributed by atoms with van der Waals surface area (Å²) in [5.41, 5.74) is 2.00. The number of hydrogen-bond acceptors (Lipinski definition) is 2. The van der Waals surface area contributed by atoms with Crippen LogP contribution in [0.25, 0.3) is 6.08 Å². The number of rotatable bonds is 5. The van der Waals surface area contributed by atoms with E-state index in [2.05, 4.69) is 19.9 Å². The first kappa shape index (κ1) is 14.9. The fourth-order valence-corrected chi connectivity index (χ4v) is 1.92. The Kier molecular flexibility index (Phi) is 4.77. The Morgan fingerprint density at radius 2 is 1.76 bits per heavy atom. The van der Waals surface area contributed by atoms with Gasteiger partial charge in [0.05, 0.1) is 0 Å². The van der Waals surface area contributed by atoms with Gasteiger partial charge in [-0.2, -0.15) is 0 Å². The third-order valence-corrected chi connectivity index (χ3v) is 3.04. The molecular formula is C18H18O3. The van der Waals surface area contributed by atoms with Crippen LogP contribution in [0.2, 0.25) is 0 Å². The molecule has 0 saturated carbocycles. The van der Waals surface area contributed by atoms with Crippen LogP contribution in [0.4, 0.5) is 0 Å². The van der Waals surface area contributed by atoms with E-state index in [0.29, 0.717) is 11.7 Å². The fourth-order valence-electron chi connectivity index (χ4n) is 1.92. The number of carboxylic acid groups (broad SMARTS) is 1. The lowest BCUT2D eigenvalue weighted by atomic mass is 10.0. The van der Waals surface area contributed by atoms with E-state index in [1.165, 1.54) is 5.56 Å². The highest BCUT2D eigenvalue weighted by atomic mass is 16.5. The van der Waals surface area contributed by atoms with Crippen LogP contribution in [0.5, 0.6) is 11.5 Å². The molecule has 3 heteroatoms. The SMILES string of the molecule is CC(C)c1cccc(Oc2cccc(C=CC(=O)O)c2)c1. The van der Waals surface area contributed by atoms with Crippen molar-refractivity contribution in [3.8, 4) is 11.5 Å². The van der Waals surface area contributed by atoms with Gasteiger partial charge in [0.2, 0.25) is 0 Å². The number of carbonyl (C=O) groups is 1. The van der Waals surface area contributed by atoms with E-state index in [0.717, 1.165) is 17.4 Å². The molecule has 0 spiro atoms. The number of hydrogen-bond donors (Lipinski definition) is 1. The van der Waals surface area contributed by atoms with Crippen LogP contribution in [0.1, 0.15) is 30.9 Å². The molecule has 1 N–H and O–H groups in total. The van der Waals surface area contributed by atoms with Crippen molar-refractivity contribution in [3.63, 3.8) is 0 Å². The molecule has 0 aliphatic rings. The Bertz CT molecular complexity index is 657. The van der Waals surface area contributed by atoms with E-state index in [1.54, 1.807) is 6.08 Å². The standard InChI is InChI=1S/C18H18O3/c1-13(2)15-6-4-8-17(12-15)21-16-7-3-5-14(11-16)9-10-18(19)20/h3-13H,1-2H3,(H,19,20). The van der Waals surface area contributed by atoms with Crippen LogP contribution in [0, 0.1) is 0 Å². The van der Waals surface area contributed by atoms with Gasteiger partial charge in [0.1, 0.15) is 11.5 Å². The number of benzene rings is 2. The maximum absolute atomic E-state index is 10.5. The van der Waals surface area contributed by atoms with Crippen molar-refractivity contribution in [2.75, 3.05) is 0 Å². The van der Waals surface area contributed by atoms with Crippen molar-refractivity contribution >= 4 is 12.0 Å². The Balaban J connectivity index is 2.18. The van der Waals surface area contributed by atoms with E-state index in [1.807, 2.05) is 42.5 Å². The molecular weight excluding hydrogens is 264 g/mol. The molecule has 0 amide bonds. The van der Waals surface area contributed by atoms with Crippen molar-refractivity contribution in [2.45, 2.75) is 19.8 Å². The second-order valence-corrected chi connectivity index (χ2v) is 5.07. The molecule has 0 aliphatic heterocycles. The highest BCUT2D eigenvalue weighted by Gasteiger charge is 2.02. The summed E-state index contributed by atoms with van der Waals surface area (Å²) in [5.74, 6) is 0.938. The van der Waals surface area contributed by atoms with Crippen molar-refractivity contribution in [3.05, 3.63) is 65.7 Å². The molecule has 0 saturated heterocycles. The molecule has 0 bridgehead atoms. The molecule has 0 aromatic heterocycles. The number of aliphatic carboxylic acids is 1. The smallest absolute Gasteiger partial charge is 0.328 e. The predicted octanol–water partition coefficient (Wildman–Crippen LogP) is 4.70. The highest BCUT2D eigenvalue weighted by molar-refractivity contribution is 5.85. The quantitative estimate of drug-likeness (QED) is 0.808. The molecule has 3 nitrogen and oxygen atoms in total. The average molecular weight is 282 g/mol. The maximum Gasteiger partial charge on any atom is 0.328 e. The fraction of sp³-hybridized carbons (Fsp3) is 0.167. The first-order valence-electron chi connectivity index (χ1n) is 6.83. The molecule has 0 radical (unpaired) electrons. The first-order chi connectivity index (χ1) is 10.0. The summed E-state index contributed by atoms with van der Waals surface area (Å²) < 4.78 is 5.84. The molecule has 0 aliphatic carbocycles. The largest absolute Gasteiger partial charge is 0.478 e. The normalized spacial score (nSPS) is 11.0. The molecule has 108 valence electrons. The molecule has 21 heavy (non-hydrogen) atoms. The van der Waals surface area contributed by atoms with E-state index < -0.39 is 5.97 Å². The summed E-state index contributed by atoms with van der Waals surface area (Å²) in [4.78, 5) is 10.5. The Hall–Kier alpha value is -2.55. The van der Waals surface area contributed by atoms with Crippen LogP contribution in [-0.4, -0.2) is 11.1 Å². The topological polar surface area (TPSA) is 46.5 Å². The monoisotopic (exact) mass is 282 g/mol. The zero-order chi connectivity index (χ0) is 15.2. The minimum absolute atomic E-state index is 0.443. The zero-order valence-electron chi connectivity index (χ0n) is 12.1. The molecule has 0 unspecified atom stereocenters. The van der Waals surface area contributed by atoms with Crippen LogP contribution in [0.15, 0.2) is 54.6 Å². The van der Waals surface area contributed by atoms with Crippen molar-refractivity contribution in [1.82, 2.24) is 0 Å². The van der Waals surface area contributed by atoms with Crippen molar-refractivity contribution < 1.29 is 14.6 Å². The lowest BCUT2D eigenvalue weighted by Crippen LogP contribution is -1.90.